The van der Waals surface area contributed by atoms with Gasteiger partial charge in [0, 0.05) is 12.1 Å². The van der Waals surface area contributed by atoms with Crippen molar-refractivity contribution in [2.45, 2.75) is 25.5 Å². The summed E-state index contributed by atoms with van der Waals surface area (Å²) in [4.78, 5) is 0. The van der Waals surface area contributed by atoms with Gasteiger partial charge in [-0.25, -0.2) is 13.6 Å². The number of nitrogens with zero attached hydrogens (tertiary/aromatic N) is 3. The summed E-state index contributed by atoms with van der Waals surface area (Å²) in [5.74, 6) is 0.598. The number of rotatable bonds is 4. The van der Waals surface area contributed by atoms with E-state index in [4.69, 9.17) is 16.7 Å². The first-order valence-corrected chi connectivity index (χ1v) is 7.94. The number of primary sulfonamides is 1. The van der Waals surface area contributed by atoms with Crippen molar-refractivity contribution in [3.8, 4) is 11.4 Å². The molecule has 8 heteroatoms. The summed E-state index contributed by atoms with van der Waals surface area (Å²) in [6.45, 7) is 4.35. The second-order valence-corrected chi connectivity index (χ2v) is 6.70. The van der Waals surface area contributed by atoms with Gasteiger partial charge in [-0.2, -0.15) is 0 Å². The normalized spacial score (nSPS) is 12.1. The molecule has 0 bridgehead atoms. The summed E-state index contributed by atoms with van der Waals surface area (Å²) < 4.78 is 24.7. The Kier molecular flexibility index (Phi) is 4.12. The molecule has 0 aliphatic carbocycles. The molecule has 0 spiro atoms. The third-order valence-electron chi connectivity index (χ3n) is 2.63. The van der Waals surface area contributed by atoms with Crippen LogP contribution in [0, 0.1) is 5.92 Å². The Hall–Kier alpha value is -1.44. The van der Waals surface area contributed by atoms with Gasteiger partial charge in [-0.05, 0) is 18.1 Å². The number of nitrogens with two attached hydrogens (primary N) is 1. The summed E-state index contributed by atoms with van der Waals surface area (Å²) in [6, 6.07) is 7.06. The number of halogens is 1. The summed E-state index contributed by atoms with van der Waals surface area (Å²) in [7, 11) is -3.93. The van der Waals surface area contributed by atoms with Gasteiger partial charge in [0.1, 0.15) is 0 Å². The molecule has 108 valence electrons. The fraction of sp³-hybridized carbons (Fsp3) is 0.333. The van der Waals surface area contributed by atoms with E-state index >= 15 is 0 Å². The third-order valence-corrected chi connectivity index (χ3v) is 3.77. The number of hydrogen-bond acceptors (Lipinski definition) is 4. The minimum atomic E-state index is -3.93. The molecule has 0 radical (unpaired) electrons. The van der Waals surface area contributed by atoms with E-state index in [1.54, 1.807) is 24.3 Å². The molecule has 2 rings (SSSR count). The highest BCUT2D eigenvalue weighted by atomic mass is 35.5. The maximum atomic E-state index is 11.6. The van der Waals surface area contributed by atoms with Crippen LogP contribution in [0.1, 0.15) is 13.8 Å². The Labute approximate surface area is 122 Å². The van der Waals surface area contributed by atoms with Crippen molar-refractivity contribution in [1.29, 1.82) is 0 Å². The molecule has 0 fully saturated rings. The molecule has 0 amide bonds. The van der Waals surface area contributed by atoms with Gasteiger partial charge >= 0.3 is 0 Å². The topological polar surface area (TPSA) is 90.9 Å². The number of sulfonamides is 1. The van der Waals surface area contributed by atoms with Crippen LogP contribution >= 0.6 is 11.6 Å². The largest absolute Gasteiger partial charge is 0.296 e. The fourth-order valence-corrected chi connectivity index (χ4v) is 2.71. The van der Waals surface area contributed by atoms with E-state index in [0.29, 0.717) is 23.0 Å². The zero-order valence-corrected chi connectivity index (χ0v) is 12.7. The molecule has 6 nitrogen and oxygen atoms in total. The molecular weight excluding hydrogens is 300 g/mol. The molecule has 0 unspecified atom stereocenters. The zero-order valence-electron chi connectivity index (χ0n) is 11.1. The van der Waals surface area contributed by atoms with E-state index in [1.165, 1.54) is 4.57 Å². The van der Waals surface area contributed by atoms with Crippen molar-refractivity contribution in [1.82, 2.24) is 14.8 Å². The van der Waals surface area contributed by atoms with E-state index in [9.17, 15) is 8.42 Å². The Bertz CT molecular complexity index is 725. The molecule has 1 aromatic carbocycles. The van der Waals surface area contributed by atoms with Gasteiger partial charge < -0.3 is 0 Å². The average molecular weight is 315 g/mol. The monoisotopic (exact) mass is 314 g/mol. The van der Waals surface area contributed by atoms with Gasteiger partial charge in [-0.15, -0.1) is 10.2 Å². The van der Waals surface area contributed by atoms with Gasteiger partial charge in [0.2, 0.25) is 0 Å². The molecule has 0 atom stereocenters. The highest BCUT2D eigenvalue weighted by Crippen LogP contribution is 2.27. The number of aromatic nitrogens is 3. The Balaban J connectivity index is 2.66. The standard InChI is InChI=1S/C12H15ClN4O2S/c1-8(2)7-17-11(9-5-3-4-6-10(9)13)15-16-12(17)20(14,18)19/h3-6,8H,7H2,1-2H3,(H2,14,18,19). The fourth-order valence-electron chi connectivity index (χ4n) is 1.87. The van der Waals surface area contributed by atoms with Crippen LogP contribution in [-0.2, 0) is 16.6 Å². The van der Waals surface area contributed by atoms with Crippen LogP contribution in [0.25, 0.3) is 11.4 Å². The van der Waals surface area contributed by atoms with Crippen LogP contribution in [0.4, 0.5) is 0 Å². The van der Waals surface area contributed by atoms with Gasteiger partial charge in [-0.3, -0.25) is 4.57 Å². The average Bonchev–Trinajstić information content (AvgIpc) is 2.72. The highest BCUT2D eigenvalue weighted by Gasteiger charge is 2.23. The summed E-state index contributed by atoms with van der Waals surface area (Å²) in [5, 5.41) is 13.0. The smallest absolute Gasteiger partial charge is 0.273 e. The molecule has 0 saturated heterocycles. The first-order valence-electron chi connectivity index (χ1n) is 6.01. The van der Waals surface area contributed by atoms with Gasteiger partial charge in [-0.1, -0.05) is 37.6 Å². The lowest BCUT2D eigenvalue weighted by molar-refractivity contribution is 0.486. The van der Waals surface area contributed by atoms with Gasteiger partial charge in [0.25, 0.3) is 15.2 Å². The quantitative estimate of drug-likeness (QED) is 0.933. The minimum absolute atomic E-state index is 0.202. The lowest BCUT2D eigenvalue weighted by Crippen LogP contribution is -2.20. The van der Waals surface area contributed by atoms with Crippen LogP contribution in [0.3, 0.4) is 0 Å². The van der Waals surface area contributed by atoms with E-state index < -0.39 is 10.0 Å². The van der Waals surface area contributed by atoms with E-state index in [1.807, 2.05) is 13.8 Å². The first kappa shape index (κ1) is 15.0. The van der Waals surface area contributed by atoms with Crippen molar-refractivity contribution in [3.63, 3.8) is 0 Å². The van der Waals surface area contributed by atoms with Crippen LogP contribution in [0.2, 0.25) is 5.02 Å². The number of hydrogen-bond donors (Lipinski definition) is 1. The van der Waals surface area contributed by atoms with Crippen LogP contribution in [0.15, 0.2) is 29.4 Å². The Morgan fingerprint density at radius 2 is 1.95 bits per heavy atom. The summed E-state index contributed by atoms with van der Waals surface area (Å²) in [5.41, 5.74) is 0.622. The molecule has 2 N–H and O–H groups in total. The van der Waals surface area contributed by atoms with Crippen molar-refractivity contribution in [3.05, 3.63) is 29.3 Å². The predicted molar refractivity (Wildman–Crippen MR) is 76.7 cm³/mol. The molecule has 0 aliphatic heterocycles. The minimum Gasteiger partial charge on any atom is -0.296 e. The molecule has 2 aromatic rings. The molecule has 1 aromatic heterocycles. The molecule has 0 aliphatic rings. The maximum absolute atomic E-state index is 11.6. The molecular formula is C12H15ClN4O2S. The second kappa shape index (κ2) is 5.51. The lowest BCUT2D eigenvalue weighted by Gasteiger charge is -2.12. The zero-order chi connectivity index (χ0) is 14.9. The third kappa shape index (κ3) is 3.00. The molecule has 0 saturated carbocycles. The van der Waals surface area contributed by atoms with E-state index in [0.717, 1.165) is 0 Å². The predicted octanol–water partition coefficient (Wildman–Crippen LogP) is 1.90. The molecule has 20 heavy (non-hydrogen) atoms. The summed E-state index contributed by atoms with van der Waals surface area (Å²) in [6.07, 6.45) is 0. The maximum Gasteiger partial charge on any atom is 0.273 e. The van der Waals surface area contributed by atoms with Crippen LogP contribution < -0.4 is 5.14 Å². The van der Waals surface area contributed by atoms with Crippen LogP contribution in [-0.4, -0.2) is 23.2 Å². The highest BCUT2D eigenvalue weighted by molar-refractivity contribution is 7.89. The van der Waals surface area contributed by atoms with Gasteiger partial charge in [0.15, 0.2) is 5.82 Å². The van der Waals surface area contributed by atoms with Crippen molar-refractivity contribution in [2.75, 3.05) is 0 Å². The van der Waals surface area contributed by atoms with Crippen molar-refractivity contribution in [2.24, 2.45) is 11.1 Å². The Morgan fingerprint density at radius 3 is 2.50 bits per heavy atom. The van der Waals surface area contributed by atoms with Crippen molar-refractivity contribution >= 4 is 21.6 Å². The SMILES string of the molecule is CC(C)Cn1c(-c2ccccc2Cl)nnc1S(N)(=O)=O. The van der Waals surface area contributed by atoms with E-state index in [-0.39, 0.29) is 11.1 Å². The van der Waals surface area contributed by atoms with Gasteiger partial charge in [0.05, 0.1) is 5.02 Å². The van der Waals surface area contributed by atoms with Crippen LogP contribution in [0.5, 0.6) is 0 Å². The first-order chi connectivity index (χ1) is 9.30. The lowest BCUT2D eigenvalue weighted by atomic mass is 10.2. The number of benzene rings is 1. The molecule has 1 heterocycles. The second-order valence-electron chi connectivity index (χ2n) is 4.84. The van der Waals surface area contributed by atoms with Crippen molar-refractivity contribution < 1.29 is 8.42 Å². The summed E-state index contributed by atoms with van der Waals surface area (Å²) >= 11 is 6.13. The van der Waals surface area contributed by atoms with E-state index in [2.05, 4.69) is 10.2 Å². The Morgan fingerprint density at radius 1 is 1.30 bits per heavy atom.